The average Bonchev–Trinajstić information content (AvgIpc) is 3.96. The van der Waals surface area contributed by atoms with Crippen LogP contribution in [0.15, 0.2) is 60.2 Å². The molecule has 0 amide bonds. The van der Waals surface area contributed by atoms with Crippen LogP contribution in [0.25, 0.3) is 0 Å². The molecule has 4 N–H and O–H groups in total. The maximum Gasteiger partial charge on any atom is 0.309 e. The number of ether oxygens (including phenoxy) is 5. The Morgan fingerprint density at radius 2 is 1.89 bits per heavy atom. The van der Waals surface area contributed by atoms with Crippen LogP contribution in [0, 0.1) is 11.8 Å². The summed E-state index contributed by atoms with van der Waals surface area (Å²) in [4.78, 5) is 27.2. The molecular weight excluding hydrogens is 704 g/mol. The van der Waals surface area contributed by atoms with Crippen molar-refractivity contribution in [3.05, 3.63) is 65.8 Å². The Kier molecular flexibility index (Phi) is 16.5. The predicted molar refractivity (Wildman–Crippen MR) is 211 cm³/mol. The van der Waals surface area contributed by atoms with Crippen molar-refractivity contribution in [3.63, 3.8) is 0 Å². The summed E-state index contributed by atoms with van der Waals surface area (Å²) in [6, 6.07) is 8.04. The van der Waals surface area contributed by atoms with Crippen molar-refractivity contribution in [3.8, 4) is 0 Å². The monoisotopic (exact) mass is 770 g/mol. The number of hydrogen-bond donors (Lipinski definition) is 4. The first-order valence-electron chi connectivity index (χ1n) is 19.9. The van der Waals surface area contributed by atoms with Crippen molar-refractivity contribution < 1.29 is 48.6 Å². The van der Waals surface area contributed by atoms with E-state index in [1.54, 1.807) is 51.3 Å². The summed E-state index contributed by atoms with van der Waals surface area (Å²) in [5, 5.41) is 37.4. The molecule has 11 unspecified atom stereocenters. The van der Waals surface area contributed by atoms with Crippen molar-refractivity contribution in [1.82, 2.24) is 5.32 Å². The second-order valence-corrected chi connectivity index (χ2v) is 16.0. The molecule has 0 saturated carbocycles. The molecule has 1 aromatic carbocycles. The molecule has 0 radical (unpaired) electrons. The summed E-state index contributed by atoms with van der Waals surface area (Å²) in [5.74, 6) is -1.38. The van der Waals surface area contributed by atoms with Gasteiger partial charge < -0.3 is 49.2 Å². The Labute approximate surface area is 327 Å². The Balaban J connectivity index is 1.55. The van der Waals surface area contributed by atoms with E-state index in [0.29, 0.717) is 12.1 Å². The van der Waals surface area contributed by atoms with Gasteiger partial charge in [-0.25, -0.2) is 0 Å². The standard InChI is InChI=1S/C43H66N2O10/c1-9-35(51-8)30(4)39-40(55-39)41(44-27-32-14-16-33(17-15-32)45-22-11-24-52-25-23-45)43(7,50)20-10-12-28(2)38-29(3)13-18-36(53-31(5)46)42(6,49)21-19-34(47)26-37(48)54-38/h10,12-18,20,29-30,34-36,38-41,44,47,49-50H,9,11,19,21-27H2,1-8H3. The molecule has 0 spiro atoms. The lowest BCUT2D eigenvalue weighted by atomic mass is 9.87. The van der Waals surface area contributed by atoms with Crippen molar-refractivity contribution >= 4 is 17.6 Å². The zero-order valence-electron chi connectivity index (χ0n) is 34.1. The van der Waals surface area contributed by atoms with Gasteiger partial charge in [-0.3, -0.25) is 9.59 Å². The first-order valence-corrected chi connectivity index (χ1v) is 19.9. The minimum Gasteiger partial charge on any atom is -0.457 e. The summed E-state index contributed by atoms with van der Waals surface area (Å²) in [5.41, 5.74) is 0.133. The van der Waals surface area contributed by atoms with Gasteiger partial charge in [-0.2, -0.15) is 0 Å². The Hall–Kier alpha value is -3.10. The molecular formula is C43H66N2O10. The second-order valence-electron chi connectivity index (χ2n) is 16.0. The summed E-state index contributed by atoms with van der Waals surface area (Å²) < 4.78 is 29.0. The number of benzene rings is 1. The largest absolute Gasteiger partial charge is 0.457 e. The number of rotatable bonds is 14. The summed E-state index contributed by atoms with van der Waals surface area (Å²) in [6.07, 6.45) is 7.43. The summed E-state index contributed by atoms with van der Waals surface area (Å²) >= 11 is 0. The van der Waals surface area contributed by atoms with Crippen molar-refractivity contribution in [2.24, 2.45) is 11.8 Å². The van der Waals surface area contributed by atoms with Gasteiger partial charge in [-0.15, -0.1) is 0 Å². The number of carbonyl (C=O) groups is 2. The number of nitrogens with one attached hydrogen (secondary N) is 1. The third-order valence-corrected chi connectivity index (χ3v) is 11.2. The lowest BCUT2D eigenvalue weighted by Crippen LogP contribution is -2.52. The minimum atomic E-state index is -1.46. The number of nitrogens with zero attached hydrogens (tertiary/aromatic N) is 1. The number of cyclic esters (lactones) is 1. The number of esters is 2. The third-order valence-electron chi connectivity index (χ3n) is 11.2. The molecule has 0 aromatic heterocycles. The fourth-order valence-electron chi connectivity index (χ4n) is 7.73. The first-order chi connectivity index (χ1) is 26.1. The SMILES string of the molecule is CCC(OC)C(C)C1OC1C(NCc1ccc(N2CCCOCC2)cc1)C(C)(O)C=CC=C(C)C1OC(=O)CC(O)CCC(C)(O)C(OC(C)=O)C=CC1C. The Morgan fingerprint density at radius 3 is 2.56 bits per heavy atom. The summed E-state index contributed by atoms with van der Waals surface area (Å²) in [6.45, 7) is 16.3. The molecule has 11 atom stereocenters. The maximum atomic E-state index is 13.0. The van der Waals surface area contributed by atoms with E-state index in [1.165, 1.54) is 6.92 Å². The number of allylic oxidation sites excluding steroid dienone is 2. The lowest BCUT2D eigenvalue weighted by molar-refractivity contribution is -0.157. The highest BCUT2D eigenvalue weighted by Gasteiger charge is 2.54. The van der Waals surface area contributed by atoms with Gasteiger partial charge in [-0.1, -0.05) is 57.2 Å². The fraction of sp³-hybridized carbons (Fsp3) is 0.674. The van der Waals surface area contributed by atoms with E-state index in [-0.39, 0.29) is 49.4 Å². The number of anilines is 1. The van der Waals surface area contributed by atoms with Crippen LogP contribution in [-0.2, 0) is 39.8 Å². The van der Waals surface area contributed by atoms with Crippen LogP contribution < -0.4 is 10.2 Å². The highest BCUT2D eigenvalue weighted by atomic mass is 16.6. The molecule has 2 fully saturated rings. The lowest BCUT2D eigenvalue weighted by Gasteiger charge is -2.32. The molecule has 12 nitrogen and oxygen atoms in total. The van der Waals surface area contributed by atoms with Crippen molar-refractivity contribution in [2.75, 3.05) is 38.3 Å². The van der Waals surface area contributed by atoms with E-state index in [2.05, 4.69) is 48.3 Å². The van der Waals surface area contributed by atoms with Crippen LogP contribution in [0.1, 0.15) is 86.1 Å². The normalized spacial score (nSPS) is 31.3. The number of hydrogen-bond acceptors (Lipinski definition) is 12. The van der Waals surface area contributed by atoms with Crippen LogP contribution in [-0.4, -0.2) is 115 Å². The fourth-order valence-corrected chi connectivity index (χ4v) is 7.73. The number of aliphatic hydroxyl groups excluding tert-OH is 1. The summed E-state index contributed by atoms with van der Waals surface area (Å²) in [7, 11) is 1.72. The Bertz CT molecular complexity index is 1460. The molecule has 0 bridgehead atoms. The van der Waals surface area contributed by atoms with Gasteiger partial charge in [-0.05, 0) is 75.8 Å². The molecule has 55 heavy (non-hydrogen) atoms. The predicted octanol–water partition coefficient (Wildman–Crippen LogP) is 4.79. The van der Waals surface area contributed by atoms with E-state index in [9.17, 15) is 24.9 Å². The molecule has 3 aliphatic rings. The van der Waals surface area contributed by atoms with Crippen molar-refractivity contribution in [1.29, 1.82) is 0 Å². The molecule has 4 rings (SSSR count). The highest BCUT2D eigenvalue weighted by molar-refractivity contribution is 5.70. The van der Waals surface area contributed by atoms with E-state index < -0.39 is 47.5 Å². The molecule has 3 aliphatic heterocycles. The number of aliphatic hydroxyl groups is 3. The number of epoxide rings is 1. The van der Waals surface area contributed by atoms with Crippen LogP contribution in [0.2, 0.25) is 0 Å². The van der Waals surface area contributed by atoms with Gasteiger partial charge >= 0.3 is 11.9 Å². The van der Waals surface area contributed by atoms with E-state index >= 15 is 0 Å². The third kappa shape index (κ3) is 13.0. The molecule has 12 heteroatoms. The van der Waals surface area contributed by atoms with Crippen LogP contribution in [0.4, 0.5) is 5.69 Å². The molecule has 0 aliphatic carbocycles. The van der Waals surface area contributed by atoms with E-state index in [0.717, 1.165) is 50.4 Å². The number of carbonyl (C=O) groups excluding carboxylic acids is 2. The van der Waals surface area contributed by atoms with Gasteiger partial charge in [0.25, 0.3) is 0 Å². The van der Waals surface area contributed by atoms with E-state index in [4.69, 9.17) is 23.7 Å². The quantitative estimate of drug-likeness (QED) is 0.0889. The van der Waals surface area contributed by atoms with Crippen LogP contribution in [0.3, 0.4) is 0 Å². The zero-order valence-corrected chi connectivity index (χ0v) is 34.1. The molecule has 308 valence electrons. The van der Waals surface area contributed by atoms with Gasteiger partial charge in [0, 0.05) is 57.8 Å². The van der Waals surface area contributed by atoms with Gasteiger partial charge in [0.1, 0.15) is 23.9 Å². The highest BCUT2D eigenvalue weighted by Crippen LogP contribution is 2.39. The van der Waals surface area contributed by atoms with Gasteiger partial charge in [0.2, 0.25) is 0 Å². The van der Waals surface area contributed by atoms with Gasteiger partial charge in [0.15, 0.2) is 0 Å². The maximum absolute atomic E-state index is 13.0. The average molecular weight is 771 g/mol. The smallest absolute Gasteiger partial charge is 0.309 e. The van der Waals surface area contributed by atoms with Crippen LogP contribution in [0.5, 0.6) is 0 Å². The van der Waals surface area contributed by atoms with E-state index in [1.807, 2.05) is 13.8 Å². The molecule has 2 saturated heterocycles. The van der Waals surface area contributed by atoms with Crippen LogP contribution >= 0.6 is 0 Å². The topological polar surface area (TPSA) is 160 Å². The zero-order chi connectivity index (χ0) is 40.3. The van der Waals surface area contributed by atoms with Crippen molar-refractivity contribution in [2.45, 2.75) is 141 Å². The number of methoxy groups -OCH3 is 1. The molecule has 1 aromatic rings. The van der Waals surface area contributed by atoms with Gasteiger partial charge in [0.05, 0.1) is 43.0 Å². The molecule has 3 heterocycles. The minimum absolute atomic E-state index is 0.0277. The first kappa shape index (κ1) is 44.6. The Morgan fingerprint density at radius 1 is 1.16 bits per heavy atom. The second kappa shape index (κ2) is 20.4.